The van der Waals surface area contributed by atoms with Gasteiger partial charge in [-0.15, -0.1) is 0 Å². The molecule has 0 radical (unpaired) electrons. The minimum atomic E-state index is -0.500. The molecule has 0 spiro atoms. The molecule has 0 saturated carbocycles. The molecule has 1 aliphatic rings. The molecule has 0 aromatic carbocycles. The molecule has 1 unspecified atom stereocenters. The summed E-state index contributed by atoms with van der Waals surface area (Å²) in [4.78, 5) is 23.5. The van der Waals surface area contributed by atoms with Crippen LogP contribution in [0.4, 0.5) is 0 Å². The predicted octanol–water partition coefficient (Wildman–Crippen LogP) is 0.684. The summed E-state index contributed by atoms with van der Waals surface area (Å²) in [5, 5.41) is 0. The normalized spacial score (nSPS) is 21.8. The number of carbonyl (C=O) groups is 2. The van der Waals surface area contributed by atoms with Crippen LogP contribution >= 0.6 is 0 Å². The zero-order chi connectivity index (χ0) is 10.0. The van der Waals surface area contributed by atoms with Crippen molar-refractivity contribution in [1.82, 2.24) is 4.90 Å². The summed E-state index contributed by atoms with van der Waals surface area (Å²) in [6.07, 6.45) is 1.30. The van der Waals surface area contributed by atoms with Crippen molar-refractivity contribution >= 4 is 11.9 Å². The van der Waals surface area contributed by atoms with Gasteiger partial charge in [0.2, 0.25) is 5.91 Å². The van der Waals surface area contributed by atoms with Crippen LogP contribution in [0.1, 0.15) is 20.3 Å². The van der Waals surface area contributed by atoms with Gasteiger partial charge in [0.1, 0.15) is 0 Å². The second kappa shape index (κ2) is 3.60. The molecule has 0 aromatic rings. The van der Waals surface area contributed by atoms with E-state index in [9.17, 15) is 9.59 Å². The molecule has 72 valence electrons. The Bertz CT molecular complexity index is 270. The van der Waals surface area contributed by atoms with Gasteiger partial charge in [-0.1, -0.05) is 6.92 Å². The van der Waals surface area contributed by atoms with E-state index in [4.69, 9.17) is 4.74 Å². The van der Waals surface area contributed by atoms with E-state index in [1.165, 1.54) is 11.0 Å². The van der Waals surface area contributed by atoms with Gasteiger partial charge in [0.15, 0.2) is 6.23 Å². The lowest BCUT2D eigenvalue weighted by atomic mass is 10.3. The molecule has 0 saturated heterocycles. The summed E-state index contributed by atoms with van der Waals surface area (Å²) in [7, 11) is 1.61. The maximum Gasteiger partial charge on any atom is 0.307 e. The molecule has 1 atom stereocenters. The lowest BCUT2D eigenvalue weighted by Crippen LogP contribution is -2.34. The molecule has 1 heterocycles. The monoisotopic (exact) mass is 183 g/mol. The van der Waals surface area contributed by atoms with Crippen LogP contribution < -0.4 is 0 Å². The number of hydrogen-bond donors (Lipinski definition) is 0. The largest absolute Gasteiger partial charge is 0.437 e. The van der Waals surface area contributed by atoms with Crippen LogP contribution in [-0.2, 0) is 14.3 Å². The fourth-order valence-corrected chi connectivity index (χ4v) is 1.17. The Balaban J connectivity index is 2.66. The smallest absolute Gasteiger partial charge is 0.307 e. The number of rotatable bonds is 2. The maximum absolute atomic E-state index is 11.1. The zero-order valence-electron chi connectivity index (χ0n) is 8.03. The Labute approximate surface area is 77.2 Å². The molecule has 1 amide bonds. The van der Waals surface area contributed by atoms with Crippen LogP contribution in [0.2, 0.25) is 0 Å². The van der Waals surface area contributed by atoms with E-state index in [-0.39, 0.29) is 11.9 Å². The first kappa shape index (κ1) is 9.77. The summed E-state index contributed by atoms with van der Waals surface area (Å²) < 4.78 is 5.05. The van der Waals surface area contributed by atoms with Gasteiger partial charge in [0, 0.05) is 19.5 Å². The van der Waals surface area contributed by atoms with Crippen molar-refractivity contribution in [3.05, 3.63) is 11.6 Å². The topological polar surface area (TPSA) is 46.6 Å². The third-order valence-electron chi connectivity index (χ3n) is 1.97. The molecule has 1 rings (SSSR count). The summed E-state index contributed by atoms with van der Waals surface area (Å²) in [6, 6.07) is 0. The van der Waals surface area contributed by atoms with E-state index in [0.29, 0.717) is 6.42 Å². The van der Waals surface area contributed by atoms with Crippen molar-refractivity contribution in [3.63, 3.8) is 0 Å². The summed E-state index contributed by atoms with van der Waals surface area (Å²) in [6.45, 7) is 3.49. The van der Waals surface area contributed by atoms with Gasteiger partial charge in [0.25, 0.3) is 0 Å². The number of hydrogen-bond acceptors (Lipinski definition) is 3. The van der Waals surface area contributed by atoms with Gasteiger partial charge < -0.3 is 9.64 Å². The van der Waals surface area contributed by atoms with E-state index in [1.807, 2.05) is 0 Å². The first-order chi connectivity index (χ1) is 6.06. The van der Waals surface area contributed by atoms with Crippen molar-refractivity contribution < 1.29 is 14.3 Å². The second-order valence-electron chi connectivity index (χ2n) is 3.03. The van der Waals surface area contributed by atoms with Gasteiger partial charge >= 0.3 is 5.97 Å². The van der Waals surface area contributed by atoms with E-state index in [2.05, 4.69) is 0 Å². The number of likely N-dealkylation sites (N-methyl/N-ethyl adjacent to an activating group) is 1. The fraction of sp³-hybridized carbons (Fsp3) is 0.556. The molecule has 0 N–H and O–H groups in total. The van der Waals surface area contributed by atoms with Crippen molar-refractivity contribution in [3.8, 4) is 0 Å². The highest BCUT2D eigenvalue weighted by atomic mass is 16.6. The van der Waals surface area contributed by atoms with Crippen LogP contribution in [0.3, 0.4) is 0 Å². The molecule has 0 bridgehead atoms. The molecular weight excluding hydrogens is 170 g/mol. The minimum absolute atomic E-state index is 0.119. The van der Waals surface area contributed by atoms with Crippen LogP contribution in [0.5, 0.6) is 0 Å². The Morgan fingerprint density at radius 2 is 2.31 bits per heavy atom. The van der Waals surface area contributed by atoms with E-state index < -0.39 is 6.23 Å². The Kier molecular flexibility index (Phi) is 2.70. The van der Waals surface area contributed by atoms with Gasteiger partial charge in [-0.2, -0.15) is 0 Å². The molecular formula is C9H13NO3. The fourth-order valence-electron chi connectivity index (χ4n) is 1.17. The average molecular weight is 183 g/mol. The van der Waals surface area contributed by atoms with Gasteiger partial charge in [-0.3, -0.25) is 9.59 Å². The Hall–Kier alpha value is -1.32. The number of ether oxygens (including phenoxy) is 1. The molecule has 0 aromatic heterocycles. The molecule has 0 aliphatic carbocycles. The Morgan fingerprint density at radius 3 is 2.69 bits per heavy atom. The highest BCUT2D eigenvalue weighted by Gasteiger charge is 2.29. The van der Waals surface area contributed by atoms with Crippen LogP contribution in [-0.4, -0.2) is 30.1 Å². The third-order valence-corrected chi connectivity index (χ3v) is 1.97. The van der Waals surface area contributed by atoms with Crippen molar-refractivity contribution in [2.75, 3.05) is 7.05 Å². The lowest BCUT2D eigenvalue weighted by molar-refractivity contribution is -0.156. The zero-order valence-corrected chi connectivity index (χ0v) is 8.03. The number of esters is 1. The van der Waals surface area contributed by atoms with Crippen LogP contribution in [0.15, 0.2) is 11.6 Å². The van der Waals surface area contributed by atoms with Gasteiger partial charge in [-0.05, 0) is 12.5 Å². The minimum Gasteiger partial charge on any atom is -0.437 e. The van der Waals surface area contributed by atoms with Crippen molar-refractivity contribution in [1.29, 1.82) is 0 Å². The lowest BCUT2D eigenvalue weighted by Gasteiger charge is -2.21. The third kappa shape index (κ3) is 1.88. The van der Waals surface area contributed by atoms with Gasteiger partial charge in [0.05, 0.1) is 0 Å². The second-order valence-corrected chi connectivity index (χ2v) is 3.03. The predicted molar refractivity (Wildman–Crippen MR) is 46.7 cm³/mol. The number of carbonyl (C=O) groups excluding carboxylic acids is 2. The van der Waals surface area contributed by atoms with Gasteiger partial charge in [-0.25, -0.2) is 0 Å². The molecule has 0 fully saturated rings. The maximum atomic E-state index is 11.1. The number of nitrogens with zero attached hydrogens (tertiary/aromatic N) is 1. The first-order valence-electron chi connectivity index (χ1n) is 4.20. The SMILES string of the molecule is CCC(=O)OC1C(C)=CC(=O)N1C. The van der Waals surface area contributed by atoms with Crippen LogP contribution in [0, 0.1) is 0 Å². The molecule has 13 heavy (non-hydrogen) atoms. The van der Waals surface area contributed by atoms with Crippen molar-refractivity contribution in [2.45, 2.75) is 26.5 Å². The summed E-state index contributed by atoms with van der Waals surface area (Å²) in [5.74, 6) is -0.411. The average Bonchev–Trinajstić information content (AvgIpc) is 2.32. The Morgan fingerprint density at radius 1 is 1.69 bits per heavy atom. The highest BCUT2D eigenvalue weighted by molar-refractivity contribution is 5.91. The standard InChI is InChI=1S/C9H13NO3/c1-4-8(12)13-9-6(2)5-7(11)10(9)3/h5,9H,4H2,1-3H3. The van der Waals surface area contributed by atoms with Crippen LogP contribution in [0.25, 0.3) is 0 Å². The molecule has 4 nitrogen and oxygen atoms in total. The van der Waals surface area contributed by atoms with Crippen molar-refractivity contribution in [2.24, 2.45) is 0 Å². The summed E-state index contributed by atoms with van der Waals surface area (Å²) >= 11 is 0. The quantitative estimate of drug-likeness (QED) is 0.591. The summed E-state index contributed by atoms with van der Waals surface area (Å²) in [5.41, 5.74) is 0.773. The van der Waals surface area contributed by atoms with E-state index in [1.54, 1.807) is 20.9 Å². The highest BCUT2D eigenvalue weighted by Crippen LogP contribution is 2.18. The number of amides is 1. The molecule has 1 aliphatic heterocycles. The first-order valence-corrected chi connectivity index (χ1v) is 4.20. The molecule has 4 heteroatoms. The van der Waals surface area contributed by atoms with E-state index >= 15 is 0 Å². The van der Waals surface area contributed by atoms with E-state index in [0.717, 1.165) is 5.57 Å².